The highest BCUT2D eigenvalue weighted by Crippen LogP contribution is 2.47. The molecule has 0 atom stereocenters. The van der Waals surface area contributed by atoms with E-state index in [0.29, 0.717) is 12.0 Å². The number of hydrogen-bond donors (Lipinski definition) is 1. The second-order valence-corrected chi connectivity index (χ2v) is 5.22. The molecule has 2 aliphatic rings. The predicted molar refractivity (Wildman–Crippen MR) is 54.6 cm³/mol. The van der Waals surface area contributed by atoms with Gasteiger partial charge in [0.1, 0.15) is 0 Å². The Kier molecular flexibility index (Phi) is 2.92. The molecule has 0 aromatic carbocycles. The van der Waals surface area contributed by atoms with Crippen molar-refractivity contribution < 1.29 is 5.11 Å². The molecule has 0 amide bonds. The fourth-order valence-corrected chi connectivity index (χ4v) is 3.11. The lowest BCUT2D eigenvalue weighted by Crippen LogP contribution is -2.35. The van der Waals surface area contributed by atoms with E-state index in [2.05, 4.69) is 0 Å². The molecule has 13 heavy (non-hydrogen) atoms. The Morgan fingerprint density at radius 3 is 2.15 bits per heavy atom. The van der Waals surface area contributed by atoms with E-state index in [1.54, 1.807) is 0 Å². The van der Waals surface area contributed by atoms with Crippen LogP contribution in [0.15, 0.2) is 0 Å². The largest absolute Gasteiger partial charge is 0.396 e. The van der Waals surface area contributed by atoms with Crippen LogP contribution in [0.25, 0.3) is 0 Å². The van der Waals surface area contributed by atoms with E-state index in [4.69, 9.17) is 0 Å². The van der Waals surface area contributed by atoms with Crippen LogP contribution in [0.2, 0.25) is 0 Å². The summed E-state index contributed by atoms with van der Waals surface area (Å²) < 4.78 is 0. The van der Waals surface area contributed by atoms with Crippen LogP contribution >= 0.6 is 0 Å². The van der Waals surface area contributed by atoms with Crippen molar-refractivity contribution >= 4 is 0 Å². The first-order valence-corrected chi connectivity index (χ1v) is 5.96. The maximum Gasteiger partial charge on any atom is 0.0487 e. The van der Waals surface area contributed by atoms with Crippen LogP contribution in [0.1, 0.15) is 57.8 Å². The number of rotatable bonds is 3. The van der Waals surface area contributed by atoms with Gasteiger partial charge in [-0.05, 0) is 30.6 Å². The molecule has 2 saturated carbocycles. The van der Waals surface area contributed by atoms with Crippen molar-refractivity contribution in [2.75, 3.05) is 6.61 Å². The molecule has 2 fully saturated rings. The van der Waals surface area contributed by atoms with Gasteiger partial charge in [0.05, 0.1) is 0 Å². The first-order valence-electron chi connectivity index (χ1n) is 5.96. The molecule has 1 N–H and O–H groups in total. The first kappa shape index (κ1) is 9.51. The molecule has 0 aromatic heterocycles. The molecule has 2 aliphatic carbocycles. The van der Waals surface area contributed by atoms with Crippen LogP contribution in [-0.4, -0.2) is 11.7 Å². The topological polar surface area (TPSA) is 20.2 Å². The van der Waals surface area contributed by atoms with Gasteiger partial charge in [-0.3, -0.25) is 0 Å². The van der Waals surface area contributed by atoms with Crippen molar-refractivity contribution in [3.05, 3.63) is 0 Å². The summed E-state index contributed by atoms with van der Waals surface area (Å²) >= 11 is 0. The summed E-state index contributed by atoms with van der Waals surface area (Å²) in [5.41, 5.74) is 0.377. The molecule has 2 rings (SSSR count). The van der Waals surface area contributed by atoms with Gasteiger partial charge in [0.25, 0.3) is 0 Å². The highest BCUT2D eigenvalue weighted by atomic mass is 16.3. The Bertz CT molecular complexity index is 149. The highest BCUT2D eigenvalue weighted by molar-refractivity contribution is 4.89. The van der Waals surface area contributed by atoms with Crippen molar-refractivity contribution in [2.24, 2.45) is 11.3 Å². The minimum atomic E-state index is 0.377. The number of hydrogen-bond acceptors (Lipinski definition) is 1. The second-order valence-electron chi connectivity index (χ2n) is 5.22. The van der Waals surface area contributed by atoms with E-state index in [1.807, 2.05) is 0 Å². The smallest absolute Gasteiger partial charge is 0.0487 e. The van der Waals surface area contributed by atoms with E-state index in [-0.39, 0.29) is 0 Å². The number of aliphatic hydroxyl groups excluding tert-OH is 1. The summed E-state index contributed by atoms with van der Waals surface area (Å²) in [6.07, 6.45) is 12.4. The molecule has 0 bridgehead atoms. The Labute approximate surface area is 81.5 Å². The van der Waals surface area contributed by atoms with E-state index >= 15 is 0 Å². The van der Waals surface area contributed by atoms with Crippen LogP contribution in [0.3, 0.4) is 0 Å². The van der Waals surface area contributed by atoms with Gasteiger partial charge in [-0.15, -0.1) is 0 Å². The Morgan fingerprint density at radius 1 is 1.00 bits per heavy atom. The molecule has 0 heterocycles. The van der Waals surface area contributed by atoms with Gasteiger partial charge in [0.2, 0.25) is 0 Å². The number of aliphatic hydroxyl groups is 1. The zero-order valence-corrected chi connectivity index (χ0v) is 8.60. The lowest BCUT2D eigenvalue weighted by molar-refractivity contribution is 0.0147. The Balaban J connectivity index is 1.81. The highest BCUT2D eigenvalue weighted by Gasteiger charge is 2.38. The van der Waals surface area contributed by atoms with Crippen LogP contribution in [0.5, 0.6) is 0 Å². The Hall–Kier alpha value is -0.0400. The van der Waals surface area contributed by atoms with Crippen LogP contribution < -0.4 is 0 Å². The molecule has 76 valence electrons. The molecule has 0 aliphatic heterocycles. The molecule has 0 saturated heterocycles. The zero-order valence-electron chi connectivity index (χ0n) is 8.60. The molecule has 1 nitrogen and oxygen atoms in total. The molecule has 0 aromatic rings. The second kappa shape index (κ2) is 4.00. The van der Waals surface area contributed by atoms with Gasteiger partial charge in [-0.2, -0.15) is 0 Å². The minimum Gasteiger partial charge on any atom is -0.396 e. The summed E-state index contributed by atoms with van der Waals surface area (Å²) in [5, 5.41) is 9.37. The van der Waals surface area contributed by atoms with Crippen LogP contribution in [0.4, 0.5) is 0 Å². The van der Waals surface area contributed by atoms with Gasteiger partial charge in [0, 0.05) is 6.61 Å². The van der Waals surface area contributed by atoms with Crippen molar-refractivity contribution in [3.63, 3.8) is 0 Å². The SMILES string of the molecule is OCC1(CC2CCCCC2)CCC1. The Morgan fingerprint density at radius 2 is 1.69 bits per heavy atom. The normalized spacial score (nSPS) is 28.4. The van der Waals surface area contributed by atoms with Gasteiger partial charge in [-0.25, -0.2) is 0 Å². The molecular formula is C12H22O. The van der Waals surface area contributed by atoms with Gasteiger partial charge < -0.3 is 5.11 Å². The average Bonchev–Trinajstić information content (AvgIpc) is 2.13. The first-order chi connectivity index (χ1) is 6.35. The zero-order chi connectivity index (χ0) is 9.15. The van der Waals surface area contributed by atoms with E-state index < -0.39 is 0 Å². The summed E-state index contributed by atoms with van der Waals surface area (Å²) in [6, 6.07) is 0. The van der Waals surface area contributed by atoms with E-state index in [9.17, 15) is 5.11 Å². The van der Waals surface area contributed by atoms with Crippen LogP contribution in [0, 0.1) is 11.3 Å². The maximum atomic E-state index is 9.37. The summed E-state index contributed by atoms with van der Waals surface area (Å²) in [5.74, 6) is 0.946. The van der Waals surface area contributed by atoms with Gasteiger partial charge >= 0.3 is 0 Å². The monoisotopic (exact) mass is 182 g/mol. The third-order valence-electron chi connectivity index (χ3n) is 4.20. The van der Waals surface area contributed by atoms with Crippen molar-refractivity contribution in [1.29, 1.82) is 0 Å². The van der Waals surface area contributed by atoms with Crippen LogP contribution in [-0.2, 0) is 0 Å². The fourth-order valence-electron chi connectivity index (χ4n) is 3.11. The molecule has 0 unspecified atom stereocenters. The van der Waals surface area contributed by atoms with Gasteiger partial charge in [0.15, 0.2) is 0 Å². The molecule has 0 spiro atoms. The summed E-state index contributed by atoms with van der Waals surface area (Å²) in [4.78, 5) is 0. The third kappa shape index (κ3) is 2.07. The molecule has 1 heteroatoms. The van der Waals surface area contributed by atoms with Gasteiger partial charge in [-0.1, -0.05) is 38.5 Å². The predicted octanol–water partition coefficient (Wildman–Crippen LogP) is 3.12. The fraction of sp³-hybridized carbons (Fsp3) is 1.00. The minimum absolute atomic E-state index is 0.377. The summed E-state index contributed by atoms with van der Waals surface area (Å²) in [7, 11) is 0. The van der Waals surface area contributed by atoms with Crippen molar-refractivity contribution in [1.82, 2.24) is 0 Å². The average molecular weight is 182 g/mol. The quantitative estimate of drug-likeness (QED) is 0.711. The van der Waals surface area contributed by atoms with Crippen molar-refractivity contribution in [3.8, 4) is 0 Å². The lowest BCUT2D eigenvalue weighted by Gasteiger charge is -2.43. The van der Waals surface area contributed by atoms with Crippen molar-refractivity contribution in [2.45, 2.75) is 57.8 Å². The maximum absolute atomic E-state index is 9.37. The summed E-state index contributed by atoms with van der Waals surface area (Å²) in [6.45, 7) is 0.448. The molecule has 0 radical (unpaired) electrons. The third-order valence-corrected chi connectivity index (χ3v) is 4.20. The molecular weight excluding hydrogens is 160 g/mol. The standard InChI is InChI=1S/C12H22O/c13-10-12(7-4-8-12)9-11-5-2-1-3-6-11/h11,13H,1-10H2. The van der Waals surface area contributed by atoms with E-state index in [0.717, 1.165) is 5.92 Å². The van der Waals surface area contributed by atoms with E-state index in [1.165, 1.54) is 57.8 Å². The lowest BCUT2D eigenvalue weighted by atomic mass is 9.63.